The lowest BCUT2D eigenvalue weighted by Crippen LogP contribution is -2.13. The van der Waals surface area contributed by atoms with Crippen LogP contribution in [0.2, 0.25) is 0 Å². The molecule has 0 spiro atoms. The van der Waals surface area contributed by atoms with E-state index in [9.17, 15) is 0 Å². The maximum atomic E-state index is 4.76. The molecule has 3 aromatic rings. The van der Waals surface area contributed by atoms with Gasteiger partial charge in [0.1, 0.15) is 11.6 Å². The first-order valence-electron chi connectivity index (χ1n) is 7.27. The third-order valence-corrected chi connectivity index (χ3v) is 4.20. The molecule has 0 aliphatic carbocycles. The van der Waals surface area contributed by atoms with Crippen molar-refractivity contribution in [2.75, 3.05) is 5.32 Å². The number of benzene rings is 1. The Bertz CT molecular complexity index is 745. The third kappa shape index (κ3) is 2.63. The summed E-state index contributed by atoms with van der Waals surface area (Å²) in [5, 5.41) is 4.27. The van der Waals surface area contributed by atoms with Crippen molar-refractivity contribution in [3.8, 4) is 0 Å². The Balaban J connectivity index is 1.91. The predicted molar refractivity (Wildman–Crippen MR) is 86.7 cm³/mol. The van der Waals surface area contributed by atoms with Crippen LogP contribution in [-0.4, -0.2) is 18.9 Å². The first-order chi connectivity index (χ1) is 10.2. The molecule has 1 aromatic carbocycles. The average molecular weight is 301 g/mol. The molecule has 0 radical (unpaired) electrons. The van der Waals surface area contributed by atoms with E-state index in [2.05, 4.69) is 58.2 Å². The van der Waals surface area contributed by atoms with E-state index in [1.807, 2.05) is 6.07 Å². The standard InChI is InChI=1S/C15H19N5S/c1-4-13-18-15(21-19-13)16-10(3)14-17-11-8-6-7-9-12(11)20(14)5-2/h6-10H,4-5H2,1-3H3,(H,16,18,19). The van der Waals surface area contributed by atoms with Gasteiger partial charge in [0.25, 0.3) is 0 Å². The summed E-state index contributed by atoms with van der Waals surface area (Å²) in [6, 6.07) is 8.33. The second kappa shape index (κ2) is 5.81. The highest BCUT2D eigenvalue weighted by Crippen LogP contribution is 2.24. The topological polar surface area (TPSA) is 55.6 Å². The number of hydrogen-bond donors (Lipinski definition) is 1. The molecule has 0 amide bonds. The summed E-state index contributed by atoms with van der Waals surface area (Å²) in [4.78, 5) is 9.23. The van der Waals surface area contributed by atoms with Gasteiger partial charge >= 0.3 is 0 Å². The number of anilines is 1. The van der Waals surface area contributed by atoms with E-state index in [0.717, 1.165) is 35.3 Å². The normalized spacial score (nSPS) is 12.7. The van der Waals surface area contributed by atoms with Gasteiger partial charge in [-0.3, -0.25) is 0 Å². The van der Waals surface area contributed by atoms with Crippen molar-refractivity contribution in [3.63, 3.8) is 0 Å². The summed E-state index contributed by atoms with van der Waals surface area (Å²) in [5.41, 5.74) is 2.21. The Kier molecular flexibility index (Phi) is 3.88. The summed E-state index contributed by atoms with van der Waals surface area (Å²) >= 11 is 1.41. The van der Waals surface area contributed by atoms with Crippen molar-refractivity contribution in [2.45, 2.75) is 39.8 Å². The van der Waals surface area contributed by atoms with Crippen LogP contribution >= 0.6 is 11.5 Å². The smallest absolute Gasteiger partial charge is 0.203 e. The SMILES string of the molecule is CCc1nsc(NC(C)c2nc3ccccc3n2CC)n1. The molecule has 6 heteroatoms. The number of aromatic nitrogens is 4. The van der Waals surface area contributed by atoms with Gasteiger partial charge in [0.2, 0.25) is 5.13 Å². The van der Waals surface area contributed by atoms with Crippen molar-refractivity contribution in [2.24, 2.45) is 0 Å². The van der Waals surface area contributed by atoms with E-state index in [-0.39, 0.29) is 6.04 Å². The van der Waals surface area contributed by atoms with Crippen molar-refractivity contribution in [3.05, 3.63) is 35.9 Å². The maximum absolute atomic E-state index is 4.76. The van der Waals surface area contributed by atoms with E-state index in [0.29, 0.717) is 0 Å². The van der Waals surface area contributed by atoms with Crippen LogP contribution in [0.25, 0.3) is 11.0 Å². The Morgan fingerprint density at radius 1 is 1.24 bits per heavy atom. The van der Waals surface area contributed by atoms with Crippen molar-refractivity contribution in [1.29, 1.82) is 0 Å². The van der Waals surface area contributed by atoms with Crippen LogP contribution in [0.4, 0.5) is 5.13 Å². The molecule has 0 bridgehead atoms. The largest absolute Gasteiger partial charge is 0.351 e. The second-order valence-corrected chi connectivity index (χ2v) is 5.69. The number of hydrogen-bond acceptors (Lipinski definition) is 5. The van der Waals surface area contributed by atoms with Crippen LogP contribution in [0, 0.1) is 0 Å². The van der Waals surface area contributed by atoms with Crippen molar-refractivity contribution >= 4 is 27.7 Å². The van der Waals surface area contributed by atoms with Gasteiger partial charge in [-0.05, 0) is 26.0 Å². The first-order valence-corrected chi connectivity index (χ1v) is 8.04. The molecule has 2 aromatic heterocycles. The predicted octanol–water partition coefficient (Wildman–Crippen LogP) is 3.64. The van der Waals surface area contributed by atoms with Gasteiger partial charge in [0, 0.05) is 24.5 Å². The molecule has 110 valence electrons. The minimum absolute atomic E-state index is 0.0926. The molecule has 1 N–H and O–H groups in total. The molecule has 21 heavy (non-hydrogen) atoms. The molecule has 0 saturated carbocycles. The van der Waals surface area contributed by atoms with Crippen molar-refractivity contribution < 1.29 is 0 Å². The third-order valence-electron chi connectivity index (χ3n) is 3.51. The lowest BCUT2D eigenvalue weighted by Gasteiger charge is -2.14. The molecule has 0 saturated heterocycles. The number of nitrogens with zero attached hydrogens (tertiary/aromatic N) is 4. The molecule has 0 aliphatic rings. The van der Waals surface area contributed by atoms with Crippen LogP contribution in [-0.2, 0) is 13.0 Å². The summed E-state index contributed by atoms with van der Waals surface area (Å²) in [6.07, 6.45) is 0.861. The quantitative estimate of drug-likeness (QED) is 0.781. The Labute approximate surface area is 128 Å². The van der Waals surface area contributed by atoms with Gasteiger partial charge in [-0.25, -0.2) is 9.97 Å². The van der Waals surface area contributed by atoms with Crippen LogP contribution in [0.1, 0.15) is 38.5 Å². The average Bonchev–Trinajstić information content (AvgIpc) is 3.10. The summed E-state index contributed by atoms with van der Waals surface area (Å²) in [5.74, 6) is 1.92. The fourth-order valence-corrected chi connectivity index (χ4v) is 3.20. The molecule has 1 unspecified atom stereocenters. The van der Waals surface area contributed by atoms with Gasteiger partial charge in [0.15, 0.2) is 0 Å². The lowest BCUT2D eigenvalue weighted by molar-refractivity contribution is 0.673. The Morgan fingerprint density at radius 2 is 2.05 bits per heavy atom. The molecular weight excluding hydrogens is 282 g/mol. The van der Waals surface area contributed by atoms with E-state index in [1.165, 1.54) is 17.0 Å². The van der Waals surface area contributed by atoms with Gasteiger partial charge in [-0.2, -0.15) is 4.37 Å². The van der Waals surface area contributed by atoms with E-state index >= 15 is 0 Å². The number of fused-ring (bicyclic) bond motifs is 1. The lowest BCUT2D eigenvalue weighted by atomic mass is 10.3. The molecule has 3 rings (SSSR count). The minimum Gasteiger partial charge on any atom is -0.351 e. The monoisotopic (exact) mass is 301 g/mol. The van der Waals surface area contributed by atoms with Gasteiger partial charge in [-0.15, -0.1) is 0 Å². The number of aryl methyl sites for hydroxylation is 2. The highest BCUT2D eigenvalue weighted by Gasteiger charge is 2.16. The highest BCUT2D eigenvalue weighted by molar-refractivity contribution is 7.09. The first kappa shape index (κ1) is 14.0. The zero-order chi connectivity index (χ0) is 14.8. The Morgan fingerprint density at radius 3 is 2.76 bits per heavy atom. The van der Waals surface area contributed by atoms with Crippen LogP contribution in [0.5, 0.6) is 0 Å². The number of rotatable bonds is 5. The molecule has 0 fully saturated rings. The van der Waals surface area contributed by atoms with E-state index < -0.39 is 0 Å². The van der Waals surface area contributed by atoms with Crippen LogP contribution in [0.15, 0.2) is 24.3 Å². The maximum Gasteiger partial charge on any atom is 0.203 e. The fraction of sp³-hybridized carbons (Fsp3) is 0.400. The minimum atomic E-state index is 0.0926. The highest BCUT2D eigenvalue weighted by atomic mass is 32.1. The fourth-order valence-electron chi connectivity index (χ4n) is 2.46. The van der Waals surface area contributed by atoms with Gasteiger partial charge in [-0.1, -0.05) is 19.1 Å². The van der Waals surface area contributed by atoms with E-state index in [4.69, 9.17) is 4.98 Å². The zero-order valence-corrected chi connectivity index (χ0v) is 13.3. The van der Waals surface area contributed by atoms with E-state index in [1.54, 1.807) is 0 Å². The zero-order valence-electron chi connectivity index (χ0n) is 12.5. The molecule has 2 heterocycles. The number of imidazole rings is 1. The molecular formula is C15H19N5S. The summed E-state index contributed by atoms with van der Waals surface area (Å²) in [7, 11) is 0. The van der Waals surface area contributed by atoms with Gasteiger partial charge in [0.05, 0.1) is 17.1 Å². The summed E-state index contributed by atoms with van der Waals surface area (Å²) in [6.45, 7) is 7.22. The Hall–Kier alpha value is -1.95. The molecule has 0 aliphatic heterocycles. The second-order valence-electron chi connectivity index (χ2n) is 4.94. The number of nitrogens with one attached hydrogen (secondary N) is 1. The summed E-state index contributed by atoms with van der Waals surface area (Å²) < 4.78 is 6.55. The molecule has 5 nitrogen and oxygen atoms in total. The molecule has 1 atom stereocenters. The van der Waals surface area contributed by atoms with Crippen LogP contribution < -0.4 is 5.32 Å². The number of para-hydroxylation sites is 2. The van der Waals surface area contributed by atoms with Crippen LogP contribution in [0.3, 0.4) is 0 Å². The van der Waals surface area contributed by atoms with Crippen molar-refractivity contribution in [1.82, 2.24) is 18.9 Å². The van der Waals surface area contributed by atoms with Gasteiger partial charge < -0.3 is 9.88 Å².